The van der Waals surface area contributed by atoms with E-state index in [0.717, 1.165) is 18.2 Å². The van der Waals surface area contributed by atoms with Gasteiger partial charge in [0.05, 0.1) is 22.8 Å². The molecular formula is C14H21N3O4S2. The zero-order valence-electron chi connectivity index (χ0n) is 13.2. The van der Waals surface area contributed by atoms with E-state index in [1.807, 2.05) is 6.92 Å². The van der Waals surface area contributed by atoms with E-state index in [9.17, 15) is 18.0 Å². The number of aryl methyl sites for hydroxylation is 1. The lowest BCUT2D eigenvalue weighted by molar-refractivity contribution is -0.120. The van der Waals surface area contributed by atoms with Crippen molar-refractivity contribution in [3.05, 3.63) is 22.1 Å². The van der Waals surface area contributed by atoms with E-state index in [-0.39, 0.29) is 28.7 Å². The molecule has 2 N–H and O–H groups in total. The van der Waals surface area contributed by atoms with Gasteiger partial charge < -0.3 is 10.3 Å². The van der Waals surface area contributed by atoms with Gasteiger partial charge >= 0.3 is 0 Å². The highest BCUT2D eigenvalue weighted by atomic mass is 32.2. The van der Waals surface area contributed by atoms with Crippen LogP contribution < -0.4 is 10.9 Å². The van der Waals surface area contributed by atoms with Crippen molar-refractivity contribution in [2.24, 2.45) is 0 Å². The number of hydrogen-bond donors (Lipinski definition) is 2. The predicted octanol–water partition coefficient (Wildman–Crippen LogP) is 0.508. The molecule has 0 aromatic carbocycles. The molecule has 0 saturated carbocycles. The normalized spacial score (nSPS) is 22.9. The van der Waals surface area contributed by atoms with Crippen LogP contribution in [-0.2, 0) is 21.1 Å². The Hall–Kier alpha value is -1.35. The fourth-order valence-corrected chi connectivity index (χ4v) is 5.34. The number of rotatable bonds is 6. The number of carbonyl (C=O) groups is 1. The maximum Gasteiger partial charge on any atom is 0.251 e. The van der Waals surface area contributed by atoms with Crippen molar-refractivity contribution < 1.29 is 13.2 Å². The van der Waals surface area contributed by atoms with Crippen LogP contribution in [0.2, 0.25) is 0 Å². The molecule has 0 radical (unpaired) electrons. The van der Waals surface area contributed by atoms with Gasteiger partial charge in [-0.2, -0.15) is 0 Å². The molecule has 0 spiro atoms. The predicted molar refractivity (Wildman–Crippen MR) is 89.4 cm³/mol. The second-order valence-electron chi connectivity index (χ2n) is 6.03. The summed E-state index contributed by atoms with van der Waals surface area (Å²) in [7, 11) is -3.07. The van der Waals surface area contributed by atoms with Gasteiger partial charge in [-0.15, -0.1) is 0 Å². The zero-order chi connectivity index (χ0) is 17.1. The lowest BCUT2D eigenvalue weighted by Gasteiger charge is -2.23. The largest absolute Gasteiger partial charge is 0.349 e. The van der Waals surface area contributed by atoms with Gasteiger partial charge in [-0.1, -0.05) is 25.1 Å². The van der Waals surface area contributed by atoms with E-state index in [2.05, 4.69) is 15.3 Å². The SMILES string of the molecule is CCCc1cc(=O)[nH]c(SCC(=O)N[C@]2(C)CCS(=O)(=O)C2)n1. The first-order chi connectivity index (χ1) is 10.7. The average molecular weight is 359 g/mol. The van der Waals surface area contributed by atoms with Gasteiger partial charge in [0.2, 0.25) is 5.91 Å². The number of sulfone groups is 1. The van der Waals surface area contributed by atoms with Crippen LogP contribution in [0.3, 0.4) is 0 Å². The van der Waals surface area contributed by atoms with Crippen LogP contribution in [0.25, 0.3) is 0 Å². The number of thioether (sulfide) groups is 1. The molecule has 1 aliphatic rings. The van der Waals surface area contributed by atoms with Gasteiger partial charge in [-0.3, -0.25) is 9.59 Å². The van der Waals surface area contributed by atoms with Crippen molar-refractivity contribution in [1.82, 2.24) is 15.3 Å². The monoisotopic (exact) mass is 359 g/mol. The van der Waals surface area contributed by atoms with Crippen LogP contribution in [0, 0.1) is 0 Å². The Balaban J connectivity index is 1.93. The Labute approximate surface area is 139 Å². The standard InChI is InChI=1S/C14H21N3O4S2/c1-3-4-10-7-11(18)16-13(15-10)22-8-12(19)17-14(2)5-6-23(20,21)9-14/h7H,3-6,8-9H2,1-2H3,(H,17,19)(H,15,16,18)/t14-/m1/s1. The maximum absolute atomic E-state index is 12.0. The van der Waals surface area contributed by atoms with Crippen molar-refractivity contribution in [1.29, 1.82) is 0 Å². The average Bonchev–Trinajstić information content (AvgIpc) is 2.70. The smallest absolute Gasteiger partial charge is 0.251 e. The van der Waals surface area contributed by atoms with E-state index in [1.165, 1.54) is 6.07 Å². The van der Waals surface area contributed by atoms with Gasteiger partial charge in [-0.25, -0.2) is 13.4 Å². The molecule has 1 amide bonds. The molecule has 2 rings (SSSR count). The molecule has 1 atom stereocenters. The highest BCUT2D eigenvalue weighted by molar-refractivity contribution is 7.99. The maximum atomic E-state index is 12.0. The number of nitrogens with zero attached hydrogens (tertiary/aromatic N) is 1. The van der Waals surface area contributed by atoms with Gasteiger partial charge in [0, 0.05) is 11.8 Å². The quantitative estimate of drug-likeness (QED) is 0.566. The van der Waals surface area contributed by atoms with Crippen LogP contribution in [0.4, 0.5) is 0 Å². The van der Waals surface area contributed by atoms with E-state index in [0.29, 0.717) is 23.7 Å². The molecule has 128 valence electrons. The lowest BCUT2D eigenvalue weighted by atomic mass is 10.0. The molecule has 0 aliphatic carbocycles. The van der Waals surface area contributed by atoms with E-state index in [4.69, 9.17) is 0 Å². The number of hydrogen-bond acceptors (Lipinski definition) is 6. The summed E-state index contributed by atoms with van der Waals surface area (Å²) in [6.07, 6.45) is 2.01. The van der Waals surface area contributed by atoms with Crippen molar-refractivity contribution in [2.75, 3.05) is 17.3 Å². The summed E-state index contributed by atoms with van der Waals surface area (Å²) >= 11 is 1.14. The van der Waals surface area contributed by atoms with Crippen molar-refractivity contribution in [3.8, 4) is 0 Å². The third-order valence-electron chi connectivity index (χ3n) is 3.56. The minimum atomic E-state index is -3.07. The van der Waals surface area contributed by atoms with Crippen molar-refractivity contribution >= 4 is 27.5 Å². The molecule has 9 heteroatoms. The molecule has 1 aromatic rings. The molecule has 0 unspecified atom stereocenters. The van der Waals surface area contributed by atoms with Gasteiger partial charge in [0.25, 0.3) is 5.56 Å². The molecule has 1 fully saturated rings. The number of H-pyrrole nitrogens is 1. The summed E-state index contributed by atoms with van der Waals surface area (Å²) in [5, 5.41) is 3.18. The summed E-state index contributed by atoms with van der Waals surface area (Å²) in [5.74, 6) is -0.116. The first-order valence-electron chi connectivity index (χ1n) is 7.46. The van der Waals surface area contributed by atoms with E-state index < -0.39 is 15.4 Å². The summed E-state index contributed by atoms with van der Waals surface area (Å²) < 4.78 is 23.1. The first-order valence-corrected chi connectivity index (χ1v) is 10.3. The molecule has 1 aliphatic heterocycles. The van der Waals surface area contributed by atoms with E-state index >= 15 is 0 Å². The highest BCUT2D eigenvalue weighted by Crippen LogP contribution is 2.23. The van der Waals surface area contributed by atoms with Crippen molar-refractivity contribution in [3.63, 3.8) is 0 Å². The number of amides is 1. The van der Waals surface area contributed by atoms with E-state index in [1.54, 1.807) is 6.92 Å². The Morgan fingerprint density at radius 3 is 2.87 bits per heavy atom. The number of aromatic nitrogens is 2. The number of nitrogens with one attached hydrogen (secondary N) is 2. The Kier molecular flexibility index (Phi) is 5.51. The second-order valence-corrected chi connectivity index (χ2v) is 9.18. The number of carbonyl (C=O) groups excluding carboxylic acids is 1. The molecule has 1 saturated heterocycles. The first kappa shape index (κ1) is 18.0. The molecule has 23 heavy (non-hydrogen) atoms. The third kappa shape index (κ3) is 5.35. The van der Waals surface area contributed by atoms with Crippen LogP contribution in [0.1, 0.15) is 32.4 Å². The summed E-state index contributed by atoms with van der Waals surface area (Å²) in [6, 6.07) is 1.46. The van der Waals surface area contributed by atoms with Gasteiger partial charge in [0.15, 0.2) is 15.0 Å². The molecule has 7 nitrogen and oxygen atoms in total. The lowest BCUT2D eigenvalue weighted by Crippen LogP contribution is -2.47. The summed E-state index contributed by atoms with van der Waals surface area (Å²) in [4.78, 5) is 30.5. The zero-order valence-corrected chi connectivity index (χ0v) is 14.8. The van der Waals surface area contributed by atoms with Gasteiger partial charge in [0.1, 0.15) is 0 Å². The second kappa shape index (κ2) is 7.04. The van der Waals surface area contributed by atoms with Crippen LogP contribution in [0.5, 0.6) is 0 Å². The van der Waals surface area contributed by atoms with Crippen LogP contribution in [-0.4, -0.2) is 47.1 Å². The Morgan fingerprint density at radius 1 is 1.52 bits per heavy atom. The Bertz CT molecular complexity index is 745. The van der Waals surface area contributed by atoms with Gasteiger partial charge in [-0.05, 0) is 19.8 Å². The fraction of sp³-hybridized carbons (Fsp3) is 0.643. The summed E-state index contributed by atoms with van der Waals surface area (Å²) in [5.41, 5.74) is -0.241. The Morgan fingerprint density at radius 2 is 2.26 bits per heavy atom. The van der Waals surface area contributed by atoms with Crippen LogP contribution in [0.15, 0.2) is 16.0 Å². The summed E-state index contributed by atoms with van der Waals surface area (Å²) in [6.45, 7) is 3.74. The fourth-order valence-electron chi connectivity index (χ4n) is 2.55. The molecule has 1 aromatic heterocycles. The molecule has 0 bridgehead atoms. The topological polar surface area (TPSA) is 109 Å². The molecular weight excluding hydrogens is 338 g/mol. The highest BCUT2D eigenvalue weighted by Gasteiger charge is 2.39. The van der Waals surface area contributed by atoms with Crippen molar-refractivity contribution in [2.45, 2.75) is 43.8 Å². The molecule has 2 heterocycles. The number of aromatic amines is 1. The van der Waals surface area contributed by atoms with Crippen LogP contribution >= 0.6 is 11.8 Å². The minimum absolute atomic E-state index is 0.0303. The minimum Gasteiger partial charge on any atom is -0.349 e. The third-order valence-corrected chi connectivity index (χ3v) is 6.34.